The minimum atomic E-state index is -0.218. The van der Waals surface area contributed by atoms with Crippen molar-refractivity contribution in [2.75, 3.05) is 11.5 Å². The Morgan fingerprint density at radius 3 is 2.72 bits per heavy atom. The number of pyridine rings is 1. The number of aromatic nitrogens is 1. The number of rotatable bonds is 5. The molecule has 2 aromatic carbocycles. The van der Waals surface area contributed by atoms with Gasteiger partial charge in [0, 0.05) is 24.5 Å². The van der Waals surface area contributed by atoms with Gasteiger partial charge >= 0.3 is 0 Å². The number of hydrogen-bond donors (Lipinski definition) is 1. The van der Waals surface area contributed by atoms with E-state index in [-0.39, 0.29) is 18.4 Å². The highest BCUT2D eigenvalue weighted by Gasteiger charge is 2.26. The summed E-state index contributed by atoms with van der Waals surface area (Å²) >= 11 is 0. The van der Waals surface area contributed by atoms with Crippen molar-refractivity contribution in [3.63, 3.8) is 0 Å². The Morgan fingerprint density at radius 2 is 1.97 bits per heavy atom. The lowest BCUT2D eigenvalue weighted by Gasteiger charge is -2.30. The van der Waals surface area contributed by atoms with Crippen molar-refractivity contribution in [1.29, 1.82) is 0 Å². The first-order valence-electron chi connectivity index (χ1n) is 9.40. The number of carbonyl (C=O) groups is 2. The maximum atomic E-state index is 12.6. The average molecular weight is 387 g/mol. The lowest BCUT2D eigenvalue weighted by molar-refractivity contribution is -0.121. The predicted octanol–water partition coefficient (Wildman–Crippen LogP) is 3.25. The van der Waals surface area contributed by atoms with E-state index in [1.54, 1.807) is 35.5 Å². The van der Waals surface area contributed by atoms with Crippen molar-refractivity contribution in [2.45, 2.75) is 20.0 Å². The number of nitrogens with zero attached hydrogens (tertiary/aromatic N) is 2. The van der Waals surface area contributed by atoms with Gasteiger partial charge in [-0.25, -0.2) is 0 Å². The second kappa shape index (κ2) is 8.14. The summed E-state index contributed by atoms with van der Waals surface area (Å²) in [6.07, 6.45) is 3.40. The lowest BCUT2D eigenvalue weighted by atomic mass is 10.1. The molecule has 0 bridgehead atoms. The topological polar surface area (TPSA) is 71.5 Å². The van der Waals surface area contributed by atoms with Crippen LogP contribution in [0.15, 0.2) is 67.0 Å². The van der Waals surface area contributed by atoms with Crippen LogP contribution in [0.3, 0.4) is 0 Å². The van der Waals surface area contributed by atoms with Gasteiger partial charge in [0.2, 0.25) is 0 Å². The van der Waals surface area contributed by atoms with Gasteiger partial charge in [0.15, 0.2) is 6.61 Å². The quantitative estimate of drug-likeness (QED) is 0.730. The highest BCUT2D eigenvalue weighted by Crippen LogP contribution is 2.34. The summed E-state index contributed by atoms with van der Waals surface area (Å²) in [4.78, 5) is 30.8. The minimum Gasteiger partial charge on any atom is -0.482 e. The van der Waals surface area contributed by atoms with Gasteiger partial charge in [-0.05, 0) is 42.3 Å². The smallest absolute Gasteiger partial charge is 0.265 e. The van der Waals surface area contributed by atoms with Gasteiger partial charge in [0.05, 0.1) is 12.2 Å². The molecule has 0 unspecified atom stereocenters. The van der Waals surface area contributed by atoms with Gasteiger partial charge in [0.1, 0.15) is 5.75 Å². The molecule has 0 saturated heterocycles. The van der Waals surface area contributed by atoms with E-state index in [0.717, 1.165) is 16.7 Å². The first-order chi connectivity index (χ1) is 14.1. The molecule has 29 heavy (non-hydrogen) atoms. The SMILES string of the molecule is Cc1ccc(CN2C(=O)COc3ccc(C(=O)NCc4cccnc4)cc32)cc1. The predicted molar refractivity (Wildman–Crippen MR) is 110 cm³/mol. The van der Waals surface area contributed by atoms with Crippen LogP contribution in [0.1, 0.15) is 27.0 Å². The molecule has 2 heterocycles. The van der Waals surface area contributed by atoms with Crippen molar-refractivity contribution >= 4 is 17.5 Å². The molecule has 0 aliphatic carbocycles. The number of aryl methyl sites for hydroxylation is 1. The maximum Gasteiger partial charge on any atom is 0.265 e. The molecule has 1 aliphatic heterocycles. The number of hydrogen-bond acceptors (Lipinski definition) is 4. The van der Waals surface area contributed by atoms with E-state index in [0.29, 0.717) is 30.1 Å². The average Bonchev–Trinajstić information content (AvgIpc) is 2.76. The Labute approximate surface area is 169 Å². The summed E-state index contributed by atoms with van der Waals surface area (Å²) in [5.74, 6) is 0.247. The third-order valence-corrected chi connectivity index (χ3v) is 4.80. The van der Waals surface area contributed by atoms with E-state index >= 15 is 0 Å². The van der Waals surface area contributed by atoms with Crippen LogP contribution in [0, 0.1) is 6.92 Å². The van der Waals surface area contributed by atoms with Crippen LogP contribution in [0.5, 0.6) is 5.75 Å². The largest absolute Gasteiger partial charge is 0.482 e. The first-order valence-corrected chi connectivity index (χ1v) is 9.40. The van der Waals surface area contributed by atoms with E-state index in [4.69, 9.17) is 4.74 Å². The molecule has 0 atom stereocenters. The molecular weight excluding hydrogens is 366 g/mol. The number of benzene rings is 2. The van der Waals surface area contributed by atoms with Gasteiger partial charge in [-0.1, -0.05) is 35.9 Å². The second-order valence-electron chi connectivity index (χ2n) is 6.98. The van der Waals surface area contributed by atoms with Gasteiger partial charge in [0.25, 0.3) is 11.8 Å². The molecule has 6 heteroatoms. The molecule has 0 saturated carbocycles. The van der Waals surface area contributed by atoms with Crippen LogP contribution in [0.4, 0.5) is 5.69 Å². The highest BCUT2D eigenvalue weighted by molar-refractivity contribution is 6.01. The fourth-order valence-electron chi connectivity index (χ4n) is 3.18. The zero-order valence-corrected chi connectivity index (χ0v) is 16.1. The fourth-order valence-corrected chi connectivity index (χ4v) is 3.18. The number of nitrogens with one attached hydrogen (secondary N) is 1. The molecule has 4 rings (SSSR count). The Kier molecular flexibility index (Phi) is 5.24. The Bertz CT molecular complexity index is 1030. The summed E-state index contributed by atoms with van der Waals surface area (Å²) in [5, 5.41) is 2.88. The summed E-state index contributed by atoms with van der Waals surface area (Å²) in [7, 11) is 0. The number of ether oxygens (including phenoxy) is 1. The molecular formula is C23H21N3O3. The molecule has 0 radical (unpaired) electrons. The normalized spacial score (nSPS) is 12.9. The van der Waals surface area contributed by atoms with Gasteiger partial charge in [-0.15, -0.1) is 0 Å². The molecule has 0 spiro atoms. The van der Waals surface area contributed by atoms with Crippen LogP contribution in [0.25, 0.3) is 0 Å². The van der Waals surface area contributed by atoms with Crippen LogP contribution < -0.4 is 15.0 Å². The minimum absolute atomic E-state index is 0.00852. The first kappa shape index (κ1) is 18.7. The van der Waals surface area contributed by atoms with E-state index in [2.05, 4.69) is 10.3 Å². The van der Waals surface area contributed by atoms with Gasteiger partial charge < -0.3 is 15.0 Å². The maximum absolute atomic E-state index is 12.6. The summed E-state index contributed by atoms with van der Waals surface area (Å²) < 4.78 is 5.56. The van der Waals surface area contributed by atoms with Crippen molar-refractivity contribution in [2.24, 2.45) is 0 Å². The zero-order chi connectivity index (χ0) is 20.2. The molecule has 1 aromatic heterocycles. The zero-order valence-electron chi connectivity index (χ0n) is 16.1. The van der Waals surface area contributed by atoms with Gasteiger partial charge in [-0.3, -0.25) is 14.6 Å². The summed E-state index contributed by atoms with van der Waals surface area (Å²) in [5.41, 5.74) is 4.17. The monoisotopic (exact) mass is 387 g/mol. The summed E-state index contributed by atoms with van der Waals surface area (Å²) in [6.45, 7) is 2.82. The fraction of sp³-hybridized carbons (Fsp3) is 0.174. The van der Waals surface area contributed by atoms with Crippen molar-refractivity contribution in [3.05, 3.63) is 89.2 Å². The molecule has 1 N–H and O–H groups in total. The van der Waals surface area contributed by atoms with Crippen molar-refractivity contribution < 1.29 is 14.3 Å². The Morgan fingerprint density at radius 1 is 1.14 bits per heavy atom. The standard InChI is InChI=1S/C23H21N3O3/c1-16-4-6-17(7-5-16)14-26-20-11-19(8-9-21(20)29-15-22(26)27)23(28)25-13-18-3-2-10-24-12-18/h2-12H,13-15H2,1H3,(H,25,28). The molecule has 146 valence electrons. The molecule has 3 aromatic rings. The van der Waals surface area contributed by atoms with E-state index in [1.165, 1.54) is 0 Å². The molecule has 6 nitrogen and oxygen atoms in total. The third kappa shape index (κ3) is 4.27. The number of carbonyl (C=O) groups excluding carboxylic acids is 2. The highest BCUT2D eigenvalue weighted by atomic mass is 16.5. The van der Waals surface area contributed by atoms with Crippen LogP contribution >= 0.6 is 0 Å². The van der Waals surface area contributed by atoms with Crippen molar-refractivity contribution in [3.8, 4) is 5.75 Å². The lowest BCUT2D eigenvalue weighted by Crippen LogP contribution is -2.38. The van der Waals surface area contributed by atoms with E-state index < -0.39 is 0 Å². The van der Waals surface area contributed by atoms with Crippen LogP contribution in [-0.2, 0) is 17.9 Å². The van der Waals surface area contributed by atoms with Gasteiger partial charge in [-0.2, -0.15) is 0 Å². The molecule has 0 fully saturated rings. The Hall–Kier alpha value is -3.67. The van der Waals surface area contributed by atoms with E-state index in [9.17, 15) is 9.59 Å². The van der Waals surface area contributed by atoms with Crippen molar-refractivity contribution in [1.82, 2.24) is 10.3 Å². The number of fused-ring (bicyclic) bond motifs is 1. The molecule has 1 aliphatic rings. The Balaban J connectivity index is 1.55. The third-order valence-electron chi connectivity index (χ3n) is 4.80. The van der Waals surface area contributed by atoms with E-state index in [1.807, 2.05) is 43.3 Å². The summed E-state index contributed by atoms with van der Waals surface area (Å²) in [6, 6.07) is 16.9. The molecule has 2 amide bonds. The second-order valence-corrected chi connectivity index (χ2v) is 6.98. The van der Waals surface area contributed by atoms with Crippen LogP contribution in [-0.4, -0.2) is 23.4 Å². The number of amides is 2. The number of anilines is 1. The van der Waals surface area contributed by atoms with Crippen LogP contribution in [0.2, 0.25) is 0 Å².